The molecule has 1 aliphatic heterocycles. The summed E-state index contributed by atoms with van der Waals surface area (Å²) in [5, 5.41) is 6.70. The molecule has 1 saturated heterocycles. The first kappa shape index (κ1) is 16.4. The van der Waals surface area contributed by atoms with Crippen molar-refractivity contribution < 1.29 is 0 Å². The molecule has 2 N–H and O–H groups in total. The third kappa shape index (κ3) is 2.80. The number of hydrogen-bond donors (Lipinski definition) is 2. The summed E-state index contributed by atoms with van der Waals surface area (Å²) in [7, 11) is 2.05. The third-order valence-electron chi connectivity index (χ3n) is 5.73. The van der Waals surface area contributed by atoms with Gasteiger partial charge in [-0.1, -0.05) is 0 Å². The molecule has 0 aromatic carbocycles. The Balaban J connectivity index is 1.35. The van der Waals surface area contributed by atoms with E-state index >= 15 is 0 Å². The summed E-state index contributed by atoms with van der Waals surface area (Å²) in [6, 6.07) is 4.91. The molecule has 8 heteroatoms. The van der Waals surface area contributed by atoms with Crippen LogP contribution in [-0.2, 0) is 0 Å². The Labute approximate surface area is 158 Å². The van der Waals surface area contributed by atoms with E-state index in [1.807, 2.05) is 25.5 Å². The number of nitrogens with zero attached hydrogens (tertiary/aromatic N) is 6. The first-order valence-corrected chi connectivity index (χ1v) is 9.49. The minimum absolute atomic E-state index is 0.346. The van der Waals surface area contributed by atoms with Crippen molar-refractivity contribution >= 4 is 28.6 Å². The highest BCUT2D eigenvalue weighted by Gasteiger charge is 2.55. The van der Waals surface area contributed by atoms with E-state index in [9.17, 15) is 0 Å². The average Bonchev–Trinajstić information content (AvgIpc) is 3.00. The predicted molar refractivity (Wildman–Crippen MR) is 105 cm³/mol. The lowest BCUT2D eigenvalue weighted by Gasteiger charge is -2.20. The van der Waals surface area contributed by atoms with Crippen LogP contribution in [0.4, 0.5) is 17.6 Å². The van der Waals surface area contributed by atoms with Gasteiger partial charge in [-0.2, -0.15) is 4.98 Å². The number of piperidine rings is 1. The SMILES string of the molecule is CN[C@H]1[C@@H]2CN(c3nccc(Nc4cc5c(cn4)ncn5C(C)C)n3)C[C@@H]21. The molecule has 1 aliphatic carbocycles. The highest BCUT2D eigenvalue weighted by molar-refractivity contribution is 5.78. The van der Waals surface area contributed by atoms with Gasteiger partial charge in [0.05, 0.1) is 18.0 Å². The fourth-order valence-corrected chi connectivity index (χ4v) is 4.23. The molecule has 3 aromatic heterocycles. The van der Waals surface area contributed by atoms with Gasteiger partial charge in [0, 0.05) is 37.4 Å². The molecule has 0 unspecified atom stereocenters. The van der Waals surface area contributed by atoms with E-state index in [0.717, 1.165) is 53.5 Å². The van der Waals surface area contributed by atoms with Gasteiger partial charge in [0.1, 0.15) is 17.2 Å². The first-order chi connectivity index (χ1) is 13.1. The van der Waals surface area contributed by atoms with Gasteiger partial charge < -0.3 is 20.1 Å². The van der Waals surface area contributed by atoms with Gasteiger partial charge >= 0.3 is 0 Å². The van der Waals surface area contributed by atoms with Crippen molar-refractivity contribution in [2.45, 2.75) is 25.9 Å². The topological polar surface area (TPSA) is 83.8 Å². The molecule has 8 nitrogen and oxygen atoms in total. The van der Waals surface area contributed by atoms with Crippen LogP contribution in [-0.4, -0.2) is 50.7 Å². The molecule has 0 spiro atoms. The summed E-state index contributed by atoms with van der Waals surface area (Å²) >= 11 is 0. The molecular weight excluding hydrogens is 340 g/mol. The van der Waals surface area contributed by atoms with E-state index in [-0.39, 0.29) is 0 Å². The minimum Gasteiger partial charge on any atom is -0.340 e. The number of aromatic nitrogens is 5. The predicted octanol–water partition coefficient (Wildman–Crippen LogP) is 2.20. The molecule has 0 amide bonds. The van der Waals surface area contributed by atoms with E-state index in [1.54, 1.807) is 12.4 Å². The number of anilines is 3. The van der Waals surface area contributed by atoms with Crippen molar-refractivity contribution in [2.24, 2.45) is 11.8 Å². The van der Waals surface area contributed by atoms with Crippen molar-refractivity contribution in [3.05, 3.63) is 30.9 Å². The highest BCUT2D eigenvalue weighted by atomic mass is 15.3. The summed E-state index contributed by atoms with van der Waals surface area (Å²) in [6.45, 7) is 6.34. The van der Waals surface area contributed by atoms with Gasteiger partial charge in [-0.3, -0.25) is 0 Å². The molecule has 27 heavy (non-hydrogen) atoms. The Hall–Kier alpha value is -2.74. The second kappa shape index (κ2) is 6.16. The van der Waals surface area contributed by atoms with Crippen LogP contribution >= 0.6 is 0 Å². The van der Waals surface area contributed by atoms with Gasteiger partial charge in [0.25, 0.3) is 0 Å². The molecule has 3 aromatic rings. The van der Waals surface area contributed by atoms with E-state index in [1.165, 1.54) is 0 Å². The zero-order chi connectivity index (χ0) is 18.5. The van der Waals surface area contributed by atoms with Crippen LogP contribution in [0.1, 0.15) is 19.9 Å². The second-order valence-electron chi connectivity index (χ2n) is 7.72. The highest BCUT2D eigenvalue weighted by Crippen LogP contribution is 2.45. The number of hydrogen-bond acceptors (Lipinski definition) is 7. The third-order valence-corrected chi connectivity index (χ3v) is 5.73. The van der Waals surface area contributed by atoms with Crippen molar-refractivity contribution in [2.75, 3.05) is 30.4 Å². The summed E-state index contributed by atoms with van der Waals surface area (Å²) < 4.78 is 2.14. The number of imidazole rings is 1. The summed E-state index contributed by atoms with van der Waals surface area (Å²) in [4.78, 5) is 20.3. The van der Waals surface area contributed by atoms with Crippen LogP contribution in [0, 0.1) is 11.8 Å². The molecule has 0 bridgehead atoms. The van der Waals surface area contributed by atoms with Crippen LogP contribution in [0.2, 0.25) is 0 Å². The fourth-order valence-electron chi connectivity index (χ4n) is 4.23. The molecule has 1 saturated carbocycles. The van der Waals surface area contributed by atoms with Crippen LogP contribution in [0.15, 0.2) is 30.9 Å². The Morgan fingerprint density at radius 1 is 1.11 bits per heavy atom. The lowest BCUT2D eigenvalue weighted by molar-refractivity contribution is 0.617. The molecule has 0 radical (unpaired) electrons. The minimum atomic E-state index is 0.346. The van der Waals surface area contributed by atoms with Crippen LogP contribution in [0.5, 0.6) is 0 Å². The summed E-state index contributed by atoms with van der Waals surface area (Å²) in [5.74, 6) is 3.77. The second-order valence-corrected chi connectivity index (χ2v) is 7.72. The standard InChI is InChI=1S/C19H24N8/c1-11(2)27-10-23-14-7-22-17(6-15(14)27)24-16-4-5-21-19(25-16)26-8-12-13(9-26)18(12)20-3/h4-7,10-13,18,20H,8-9H2,1-3H3,(H,21,22,24,25)/t12-,13+,18+. The molecule has 4 heterocycles. The molecule has 5 rings (SSSR count). The number of pyridine rings is 1. The normalized spacial score (nSPS) is 23.9. The van der Waals surface area contributed by atoms with E-state index in [2.05, 4.69) is 48.9 Å². The van der Waals surface area contributed by atoms with Gasteiger partial charge in [-0.15, -0.1) is 0 Å². The maximum Gasteiger partial charge on any atom is 0.227 e. The lowest BCUT2D eigenvalue weighted by atomic mass is 10.3. The van der Waals surface area contributed by atoms with Crippen molar-refractivity contribution in [3.63, 3.8) is 0 Å². The molecule has 2 fully saturated rings. The molecule has 140 valence electrons. The fraction of sp³-hybridized carbons (Fsp3) is 0.474. The molecular formula is C19H24N8. The Morgan fingerprint density at radius 2 is 1.93 bits per heavy atom. The van der Waals surface area contributed by atoms with Gasteiger partial charge in [-0.25, -0.2) is 15.0 Å². The average molecular weight is 364 g/mol. The van der Waals surface area contributed by atoms with Crippen molar-refractivity contribution in [1.29, 1.82) is 0 Å². The van der Waals surface area contributed by atoms with Crippen LogP contribution in [0.25, 0.3) is 11.0 Å². The smallest absolute Gasteiger partial charge is 0.227 e. The zero-order valence-corrected chi connectivity index (χ0v) is 15.8. The van der Waals surface area contributed by atoms with Crippen LogP contribution in [0.3, 0.4) is 0 Å². The monoisotopic (exact) mass is 364 g/mol. The number of fused-ring (bicyclic) bond motifs is 2. The van der Waals surface area contributed by atoms with Crippen molar-refractivity contribution in [3.8, 4) is 0 Å². The maximum absolute atomic E-state index is 4.70. The van der Waals surface area contributed by atoms with E-state index in [4.69, 9.17) is 4.98 Å². The lowest BCUT2D eigenvalue weighted by Crippen LogP contribution is -2.30. The Morgan fingerprint density at radius 3 is 2.67 bits per heavy atom. The summed E-state index contributed by atoms with van der Waals surface area (Å²) in [5.41, 5.74) is 1.96. The zero-order valence-electron chi connectivity index (χ0n) is 15.8. The van der Waals surface area contributed by atoms with E-state index in [0.29, 0.717) is 12.1 Å². The first-order valence-electron chi connectivity index (χ1n) is 9.49. The number of rotatable bonds is 5. The summed E-state index contributed by atoms with van der Waals surface area (Å²) in [6.07, 6.45) is 5.46. The van der Waals surface area contributed by atoms with Gasteiger partial charge in [-0.05, 0) is 38.8 Å². The van der Waals surface area contributed by atoms with Gasteiger partial charge in [0.15, 0.2) is 0 Å². The maximum atomic E-state index is 4.70. The Kier molecular flexibility index (Phi) is 3.75. The quantitative estimate of drug-likeness (QED) is 0.718. The largest absolute Gasteiger partial charge is 0.340 e. The van der Waals surface area contributed by atoms with E-state index < -0.39 is 0 Å². The van der Waals surface area contributed by atoms with Crippen LogP contribution < -0.4 is 15.5 Å². The van der Waals surface area contributed by atoms with Crippen molar-refractivity contribution in [1.82, 2.24) is 29.8 Å². The molecule has 3 atom stereocenters. The molecule has 2 aliphatic rings. The van der Waals surface area contributed by atoms with Gasteiger partial charge in [0.2, 0.25) is 5.95 Å². The Bertz CT molecular complexity index is 969. The number of nitrogens with one attached hydrogen (secondary N) is 2.